The number of carbonyl (C=O) groups is 1. The molecule has 100 valence electrons. The maximum absolute atomic E-state index is 11.9. The molecule has 2 N–H and O–H groups in total. The van der Waals surface area contributed by atoms with Crippen LogP contribution in [0, 0.1) is 0 Å². The zero-order valence-corrected chi connectivity index (χ0v) is 11.0. The van der Waals surface area contributed by atoms with Crippen LogP contribution < -0.4 is 5.73 Å². The van der Waals surface area contributed by atoms with Crippen molar-refractivity contribution in [2.24, 2.45) is 5.73 Å². The van der Waals surface area contributed by atoms with Gasteiger partial charge >= 0.3 is 5.97 Å². The molecule has 1 aliphatic rings. The Bertz CT molecular complexity index is 493. The van der Waals surface area contributed by atoms with Gasteiger partial charge in [-0.25, -0.2) is 0 Å². The molecule has 1 atom stereocenters. The summed E-state index contributed by atoms with van der Waals surface area (Å²) in [5, 5.41) is 0. The zero-order chi connectivity index (χ0) is 13.7. The minimum atomic E-state index is -0.863. The van der Waals surface area contributed by atoms with Crippen molar-refractivity contribution in [2.75, 3.05) is 6.61 Å². The number of nitrogens with two attached hydrogens (primary N) is 1. The van der Waals surface area contributed by atoms with Crippen LogP contribution in [-0.4, -0.2) is 18.1 Å². The average molecular weight is 257 g/mol. The largest absolute Gasteiger partial charge is 0.460 e. The summed E-state index contributed by atoms with van der Waals surface area (Å²) in [5.41, 5.74) is 7.27. The third kappa shape index (κ3) is 3.55. The van der Waals surface area contributed by atoms with Crippen molar-refractivity contribution in [3.8, 4) is 0 Å². The second-order valence-corrected chi connectivity index (χ2v) is 4.99. The van der Waals surface area contributed by atoms with E-state index in [4.69, 9.17) is 10.5 Å². The summed E-state index contributed by atoms with van der Waals surface area (Å²) in [6, 6.07) is 9.87. The normalized spacial score (nSPS) is 22.9. The highest BCUT2D eigenvalue weighted by Gasteiger charge is 2.40. The van der Waals surface area contributed by atoms with E-state index in [9.17, 15) is 4.79 Å². The first kappa shape index (κ1) is 13.6. The molecule has 1 aromatic rings. The lowest BCUT2D eigenvalue weighted by atomic mass is 9.99. The second-order valence-electron chi connectivity index (χ2n) is 4.99. The highest BCUT2D eigenvalue weighted by molar-refractivity contribution is 5.81. The molecule has 0 saturated heterocycles. The van der Waals surface area contributed by atoms with Crippen LogP contribution in [0.4, 0.5) is 0 Å². The first-order chi connectivity index (χ1) is 9.10. The maximum Gasteiger partial charge on any atom is 0.326 e. The van der Waals surface area contributed by atoms with Crippen molar-refractivity contribution >= 4 is 12.0 Å². The molecule has 0 aromatic heterocycles. The molecular formula is C16H19NO2. The molecule has 0 heterocycles. The van der Waals surface area contributed by atoms with Gasteiger partial charge in [-0.3, -0.25) is 4.79 Å². The fourth-order valence-electron chi connectivity index (χ4n) is 2.21. The van der Waals surface area contributed by atoms with E-state index in [1.165, 1.54) is 0 Å². The maximum atomic E-state index is 11.9. The summed E-state index contributed by atoms with van der Waals surface area (Å²) in [4.78, 5) is 11.9. The van der Waals surface area contributed by atoms with E-state index >= 15 is 0 Å². The Morgan fingerprint density at radius 2 is 2.16 bits per heavy atom. The second kappa shape index (κ2) is 5.85. The van der Waals surface area contributed by atoms with Gasteiger partial charge in [0.1, 0.15) is 12.1 Å². The van der Waals surface area contributed by atoms with Crippen LogP contribution in [0.15, 0.2) is 48.6 Å². The number of hydrogen-bond acceptors (Lipinski definition) is 3. The lowest BCUT2D eigenvalue weighted by Crippen LogP contribution is -2.46. The van der Waals surface area contributed by atoms with E-state index in [1.807, 2.05) is 42.5 Å². The van der Waals surface area contributed by atoms with Gasteiger partial charge in [-0.15, -0.1) is 0 Å². The highest BCUT2D eigenvalue weighted by atomic mass is 16.5. The molecule has 19 heavy (non-hydrogen) atoms. The van der Waals surface area contributed by atoms with Gasteiger partial charge in [0, 0.05) is 0 Å². The van der Waals surface area contributed by atoms with Gasteiger partial charge in [0.15, 0.2) is 0 Å². The Hall–Kier alpha value is -1.87. The number of hydrogen-bond donors (Lipinski definition) is 1. The number of rotatable bonds is 4. The molecule has 1 aliphatic carbocycles. The lowest BCUT2D eigenvalue weighted by Gasteiger charge is -2.20. The summed E-state index contributed by atoms with van der Waals surface area (Å²) in [6.45, 7) is 4.12. The van der Waals surface area contributed by atoms with Crippen LogP contribution in [0.5, 0.6) is 0 Å². The van der Waals surface area contributed by atoms with Gasteiger partial charge < -0.3 is 10.5 Å². The Labute approximate surface area is 113 Å². The third-order valence-corrected chi connectivity index (χ3v) is 3.32. The minimum absolute atomic E-state index is 0.249. The van der Waals surface area contributed by atoms with E-state index in [0.29, 0.717) is 12.8 Å². The van der Waals surface area contributed by atoms with Crippen molar-refractivity contribution in [1.82, 2.24) is 0 Å². The molecule has 1 fully saturated rings. The van der Waals surface area contributed by atoms with Crippen molar-refractivity contribution in [3.05, 3.63) is 54.1 Å². The topological polar surface area (TPSA) is 52.3 Å². The van der Waals surface area contributed by atoms with Gasteiger partial charge in [0.2, 0.25) is 0 Å². The molecule has 0 amide bonds. The van der Waals surface area contributed by atoms with Crippen LogP contribution in [0.25, 0.3) is 6.08 Å². The Balaban J connectivity index is 1.81. The van der Waals surface area contributed by atoms with E-state index in [0.717, 1.165) is 17.6 Å². The molecule has 3 nitrogen and oxygen atoms in total. The minimum Gasteiger partial charge on any atom is -0.460 e. The van der Waals surface area contributed by atoms with Crippen LogP contribution in [0.2, 0.25) is 0 Å². The quantitative estimate of drug-likeness (QED) is 0.666. The number of esters is 1. The molecule has 1 aromatic carbocycles. The van der Waals surface area contributed by atoms with Crippen LogP contribution in [0.3, 0.4) is 0 Å². The van der Waals surface area contributed by atoms with Crippen molar-refractivity contribution < 1.29 is 9.53 Å². The summed E-state index contributed by atoms with van der Waals surface area (Å²) in [5.74, 6) is -0.330. The highest BCUT2D eigenvalue weighted by Crippen LogP contribution is 2.31. The number of ether oxygens (including phenoxy) is 1. The standard InChI is InChI=1S/C16H19NO2/c1-13-9-10-16(17,12-13)15(18)19-11-5-8-14-6-3-2-4-7-14/h2-8H,1,9-12,17H2/b8-5+. The van der Waals surface area contributed by atoms with Gasteiger partial charge in [0.25, 0.3) is 0 Å². The molecule has 0 aliphatic heterocycles. The van der Waals surface area contributed by atoms with Crippen molar-refractivity contribution in [2.45, 2.75) is 24.8 Å². The van der Waals surface area contributed by atoms with Gasteiger partial charge in [0.05, 0.1) is 0 Å². The van der Waals surface area contributed by atoms with Gasteiger partial charge in [-0.1, -0.05) is 48.6 Å². The third-order valence-electron chi connectivity index (χ3n) is 3.32. The smallest absolute Gasteiger partial charge is 0.326 e. The van der Waals surface area contributed by atoms with Crippen LogP contribution in [0.1, 0.15) is 24.8 Å². The zero-order valence-electron chi connectivity index (χ0n) is 11.0. The first-order valence-electron chi connectivity index (χ1n) is 6.44. The predicted octanol–water partition coefficient (Wildman–Crippen LogP) is 2.68. The number of benzene rings is 1. The molecule has 1 saturated carbocycles. The van der Waals surface area contributed by atoms with Gasteiger partial charge in [-0.05, 0) is 30.9 Å². The van der Waals surface area contributed by atoms with Crippen molar-refractivity contribution in [1.29, 1.82) is 0 Å². The molecule has 0 radical (unpaired) electrons. The Morgan fingerprint density at radius 1 is 1.42 bits per heavy atom. The van der Waals surface area contributed by atoms with Crippen LogP contribution in [-0.2, 0) is 9.53 Å². The molecule has 3 heteroatoms. The number of carbonyl (C=O) groups excluding carboxylic acids is 1. The predicted molar refractivity (Wildman–Crippen MR) is 76.3 cm³/mol. The summed E-state index contributed by atoms with van der Waals surface area (Å²) >= 11 is 0. The van der Waals surface area contributed by atoms with E-state index < -0.39 is 5.54 Å². The molecule has 0 bridgehead atoms. The van der Waals surface area contributed by atoms with Gasteiger partial charge in [-0.2, -0.15) is 0 Å². The molecule has 0 spiro atoms. The van der Waals surface area contributed by atoms with E-state index in [-0.39, 0.29) is 12.6 Å². The summed E-state index contributed by atoms with van der Waals surface area (Å²) < 4.78 is 5.21. The first-order valence-corrected chi connectivity index (χ1v) is 6.44. The molecular weight excluding hydrogens is 238 g/mol. The summed E-state index contributed by atoms with van der Waals surface area (Å²) in [6.07, 6.45) is 5.72. The fourth-order valence-corrected chi connectivity index (χ4v) is 2.21. The van der Waals surface area contributed by atoms with Crippen LogP contribution >= 0.6 is 0 Å². The lowest BCUT2D eigenvalue weighted by molar-refractivity contribution is -0.148. The SMILES string of the molecule is C=C1CCC(N)(C(=O)OC/C=C/c2ccccc2)C1. The Morgan fingerprint density at radius 3 is 2.79 bits per heavy atom. The molecule has 2 rings (SSSR count). The average Bonchev–Trinajstić information content (AvgIpc) is 2.77. The monoisotopic (exact) mass is 257 g/mol. The van der Waals surface area contributed by atoms with E-state index in [2.05, 4.69) is 6.58 Å². The Kier molecular flexibility index (Phi) is 4.17. The van der Waals surface area contributed by atoms with Crippen molar-refractivity contribution in [3.63, 3.8) is 0 Å². The van der Waals surface area contributed by atoms with E-state index in [1.54, 1.807) is 0 Å². The fraction of sp³-hybridized carbons (Fsp3) is 0.312. The molecule has 1 unspecified atom stereocenters. The summed E-state index contributed by atoms with van der Waals surface area (Å²) in [7, 11) is 0.